The van der Waals surface area contributed by atoms with Crippen LogP contribution in [-0.2, 0) is 4.79 Å². The number of rotatable bonds is 4. The summed E-state index contributed by atoms with van der Waals surface area (Å²) in [6.07, 6.45) is 0. The van der Waals surface area contributed by atoms with E-state index in [0.717, 1.165) is 22.1 Å². The fraction of sp³-hybridized carbons (Fsp3) is 0.158. The van der Waals surface area contributed by atoms with E-state index in [1.165, 1.54) is 11.8 Å². The number of aryl methyl sites for hydroxylation is 1. The fourth-order valence-electron chi connectivity index (χ4n) is 2.85. The minimum atomic E-state index is -0.276. The SMILES string of the molecule is Cc1oc(NC(=O)CSc2nnc3ccc4ccccc4n23)c(C#N)c1C. The first-order valence-corrected chi connectivity index (χ1v) is 9.22. The van der Waals surface area contributed by atoms with E-state index in [0.29, 0.717) is 16.5 Å². The number of nitrogens with zero attached hydrogens (tertiary/aromatic N) is 4. The average molecular weight is 377 g/mol. The molecule has 4 rings (SSSR count). The van der Waals surface area contributed by atoms with E-state index in [4.69, 9.17) is 4.42 Å². The molecule has 7 nitrogen and oxygen atoms in total. The van der Waals surface area contributed by atoms with Crippen LogP contribution < -0.4 is 5.32 Å². The largest absolute Gasteiger partial charge is 0.444 e. The van der Waals surface area contributed by atoms with E-state index in [2.05, 4.69) is 21.6 Å². The third kappa shape index (κ3) is 3.02. The molecule has 27 heavy (non-hydrogen) atoms. The molecule has 4 aromatic rings. The van der Waals surface area contributed by atoms with Crippen molar-refractivity contribution < 1.29 is 9.21 Å². The summed E-state index contributed by atoms with van der Waals surface area (Å²) in [6, 6.07) is 13.9. The highest BCUT2D eigenvalue weighted by Crippen LogP contribution is 2.26. The van der Waals surface area contributed by atoms with Crippen LogP contribution in [-0.4, -0.2) is 26.3 Å². The number of carbonyl (C=O) groups excluding carboxylic acids is 1. The molecular weight excluding hydrogens is 362 g/mol. The number of fused-ring (bicyclic) bond motifs is 3. The van der Waals surface area contributed by atoms with Gasteiger partial charge in [0.1, 0.15) is 17.4 Å². The van der Waals surface area contributed by atoms with Crippen LogP contribution in [0.15, 0.2) is 46.0 Å². The highest BCUT2D eigenvalue weighted by molar-refractivity contribution is 7.99. The average Bonchev–Trinajstić information content (AvgIpc) is 3.21. The molecule has 0 fully saturated rings. The second-order valence-corrected chi connectivity index (χ2v) is 6.95. The van der Waals surface area contributed by atoms with E-state index < -0.39 is 0 Å². The number of furan rings is 1. The van der Waals surface area contributed by atoms with E-state index in [9.17, 15) is 10.1 Å². The Morgan fingerprint density at radius 2 is 2.07 bits per heavy atom. The maximum absolute atomic E-state index is 12.3. The monoisotopic (exact) mass is 377 g/mol. The van der Waals surface area contributed by atoms with Crippen molar-refractivity contribution in [2.24, 2.45) is 0 Å². The minimum Gasteiger partial charge on any atom is -0.444 e. The van der Waals surface area contributed by atoms with Gasteiger partial charge in [-0.2, -0.15) is 5.26 Å². The number of nitrogens with one attached hydrogen (secondary N) is 1. The van der Waals surface area contributed by atoms with Crippen molar-refractivity contribution >= 4 is 40.1 Å². The van der Waals surface area contributed by atoms with Crippen LogP contribution in [0.3, 0.4) is 0 Å². The Kier molecular flexibility index (Phi) is 4.30. The maximum atomic E-state index is 12.3. The minimum absolute atomic E-state index is 0.119. The molecule has 0 aliphatic heterocycles. The highest BCUT2D eigenvalue weighted by atomic mass is 32.2. The molecule has 0 spiro atoms. The highest BCUT2D eigenvalue weighted by Gasteiger charge is 2.17. The number of pyridine rings is 1. The number of thioether (sulfide) groups is 1. The summed E-state index contributed by atoms with van der Waals surface area (Å²) < 4.78 is 7.40. The molecule has 0 aliphatic rings. The smallest absolute Gasteiger partial charge is 0.237 e. The first kappa shape index (κ1) is 17.1. The zero-order chi connectivity index (χ0) is 19.0. The van der Waals surface area contributed by atoms with Crippen LogP contribution in [0, 0.1) is 25.2 Å². The van der Waals surface area contributed by atoms with Crippen molar-refractivity contribution in [3.63, 3.8) is 0 Å². The van der Waals surface area contributed by atoms with Gasteiger partial charge >= 0.3 is 0 Å². The van der Waals surface area contributed by atoms with Gasteiger partial charge in [-0.1, -0.05) is 30.0 Å². The Morgan fingerprint density at radius 1 is 1.26 bits per heavy atom. The van der Waals surface area contributed by atoms with E-state index >= 15 is 0 Å². The summed E-state index contributed by atoms with van der Waals surface area (Å²) in [7, 11) is 0. The zero-order valence-electron chi connectivity index (χ0n) is 14.7. The maximum Gasteiger partial charge on any atom is 0.237 e. The second kappa shape index (κ2) is 6.78. The lowest BCUT2D eigenvalue weighted by Gasteiger charge is -2.05. The standard InChI is InChI=1S/C19H15N5O2S/c1-11-12(2)26-18(14(11)9-20)21-17(25)10-27-19-23-22-16-8-7-13-5-3-4-6-15(13)24(16)19/h3-8H,10H2,1-2H3,(H,21,25). The Morgan fingerprint density at radius 3 is 2.89 bits per heavy atom. The molecule has 0 saturated heterocycles. The fourth-order valence-corrected chi connectivity index (χ4v) is 3.60. The molecular formula is C19H15N5O2S. The molecule has 134 valence electrons. The van der Waals surface area contributed by atoms with Gasteiger partial charge in [-0.15, -0.1) is 10.2 Å². The Hall–Kier alpha value is -3.31. The molecule has 0 atom stereocenters. The molecule has 1 N–H and O–H groups in total. The molecule has 3 heterocycles. The summed E-state index contributed by atoms with van der Waals surface area (Å²) in [6.45, 7) is 3.54. The third-order valence-corrected chi connectivity index (χ3v) is 5.26. The number of hydrogen-bond donors (Lipinski definition) is 1. The predicted octanol–water partition coefficient (Wildman–Crippen LogP) is 3.69. The van der Waals surface area contributed by atoms with Gasteiger partial charge in [-0.05, 0) is 37.4 Å². The lowest BCUT2D eigenvalue weighted by Crippen LogP contribution is -2.14. The summed E-state index contributed by atoms with van der Waals surface area (Å²) in [4.78, 5) is 12.3. The quantitative estimate of drug-likeness (QED) is 0.545. The van der Waals surface area contributed by atoms with E-state index in [1.807, 2.05) is 40.8 Å². The molecule has 0 unspecified atom stereocenters. The van der Waals surface area contributed by atoms with E-state index in [1.54, 1.807) is 13.8 Å². The van der Waals surface area contributed by atoms with Gasteiger partial charge in [0.25, 0.3) is 0 Å². The van der Waals surface area contributed by atoms with Crippen molar-refractivity contribution in [2.45, 2.75) is 19.0 Å². The van der Waals surface area contributed by atoms with Crippen molar-refractivity contribution in [2.75, 3.05) is 11.1 Å². The van der Waals surface area contributed by atoms with Crippen LogP contribution in [0.2, 0.25) is 0 Å². The molecule has 0 saturated carbocycles. The first-order valence-electron chi connectivity index (χ1n) is 8.24. The van der Waals surface area contributed by atoms with Crippen LogP contribution in [0.25, 0.3) is 16.6 Å². The summed E-state index contributed by atoms with van der Waals surface area (Å²) in [5, 5.41) is 22.0. The Balaban J connectivity index is 1.56. The summed E-state index contributed by atoms with van der Waals surface area (Å²) in [5.41, 5.74) is 2.78. The lowest BCUT2D eigenvalue weighted by atomic mass is 10.2. The molecule has 1 amide bonds. The number of benzene rings is 1. The van der Waals surface area contributed by atoms with Gasteiger partial charge in [0.2, 0.25) is 11.8 Å². The van der Waals surface area contributed by atoms with Crippen molar-refractivity contribution in [1.29, 1.82) is 5.26 Å². The number of para-hydroxylation sites is 1. The van der Waals surface area contributed by atoms with Crippen molar-refractivity contribution in [1.82, 2.24) is 14.6 Å². The van der Waals surface area contributed by atoms with Crippen molar-refractivity contribution in [3.05, 3.63) is 53.3 Å². The van der Waals surface area contributed by atoms with Crippen LogP contribution in [0.1, 0.15) is 16.9 Å². The normalized spacial score (nSPS) is 11.0. The van der Waals surface area contributed by atoms with Gasteiger partial charge < -0.3 is 4.42 Å². The third-order valence-electron chi connectivity index (χ3n) is 4.33. The van der Waals surface area contributed by atoms with Crippen LogP contribution >= 0.6 is 11.8 Å². The number of nitriles is 1. The molecule has 0 bridgehead atoms. The molecule has 0 radical (unpaired) electrons. The van der Waals surface area contributed by atoms with Gasteiger partial charge in [0.15, 0.2) is 10.8 Å². The second-order valence-electron chi connectivity index (χ2n) is 6.00. The molecule has 0 aliphatic carbocycles. The van der Waals surface area contributed by atoms with Crippen LogP contribution in [0.5, 0.6) is 0 Å². The van der Waals surface area contributed by atoms with E-state index in [-0.39, 0.29) is 17.5 Å². The van der Waals surface area contributed by atoms with Gasteiger partial charge in [0.05, 0.1) is 11.3 Å². The zero-order valence-corrected chi connectivity index (χ0v) is 15.5. The Labute approximate surface area is 159 Å². The Bertz CT molecular complexity index is 1220. The molecule has 3 aromatic heterocycles. The summed E-state index contributed by atoms with van der Waals surface area (Å²) >= 11 is 1.28. The van der Waals surface area contributed by atoms with Gasteiger partial charge in [-0.25, -0.2) is 0 Å². The number of anilines is 1. The van der Waals surface area contributed by atoms with Crippen LogP contribution in [0.4, 0.5) is 5.88 Å². The number of carbonyl (C=O) groups is 1. The number of hydrogen-bond acceptors (Lipinski definition) is 6. The first-order chi connectivity index (χ1) is 13.1. The molecule has 8 heteroatoms. The van der Waals surface area contributed by atoms with Gasteiger partial charge in [-0.3, -0.25) is 14.5 Å². The predicted molar refractivity (Wildman–Crippen MR) is 103 cm³/mol. The van der Waals surface area contributed by atoms with Crippen molar-refractivity contribution in [3.8, 4) is 6.07 Å². The van der Waals surface area contributed by atoms with Gasteiger partial charge in [0, 0.05) is 5.56 Å². The topological polar surface area (TPSA) is 96.2 Å². The number of aromatic nitrogens is 3. The summed E-state index contributed by atoms with van der Waals surface area (Å²) in [5.74, 6) is 0.648. The lowest BCUT2D eigenvalue weighted by molar-refractivity contribution is -0.113. The molecule has 1 aromatic carbocycles. The number of amides is 1.